The maximum absolute atomic E-state index is 12.3. The summed E-state index contributed by atoms with van der Waals surface area (Å²) < 4.78 is 5.78. The van der Waals surface area contributed by atoms with Gasteiger partial charge in [0.05, 0.1) is 36.7 Å². The van der Waals surface area contributed by atoms with E-state index in [1.807, 2.05) is 11.9 Å². The monoisotopic (exact) mass is 385 g/mol. The molecule has 2 amide bonds. The number of hydrogen-bond donors (Lipinski definition) is 2. The Bertz CT molecular complexity index is 940. The summed E-state index contributed by atoms with van der Waals surface area (Å²) in [4.78, 5) is 45.7. The predicted octanol–water partition coefficient (Wildman–Crippen LogP) is 0.375. The van der Waals surface area contributed by atoms with Crippen LogP contribution in [0.15, 0.2) is 35.4 Å². The molecule has 0 spiro atoms. The normalized spacial score (nSPS) is 15.4. The van der Waals surface area contributed by atoms with E-state index in [0.717, 1.165) is 5.69 Å². The van der Waals surface area contributed by atoms with Crippen LogP contribution in [0.3, 0.4) is 0 Å². The van der Waals surface area contributed by atoms with Gasteiger partial charge in [0.25, 0.3) is 11.5 Å². The zero-order chi connectivity index (χ0) is 20.3. The molecular formula is C19H23N5O4. The molecule has 1 aliphatic heterocycles. The van der Waals surface area contributed by atoms with Gasteiger partial charge in [-0.3, -0.25) is 14.4 Å². The smallest absolute Gasteiger partial charge is 0.253 e. The zero-order valence-electron chi connectivity index (χ0n) is 16.1. The summed E-state index contributed by atoms with van der Waals surface area (Å²) in [6.07, 6.45) is 1.51. The van der Waals surface area contributed by atoms with Gasteiger partial charge in [-0.25, -0.2) is 4.98 Å². The molecule has 1 atom stereocenters. The van der Waals surface area contributed by atoms with Crippen molar-refractivity contribution in [2.24, 2.45) is 0 Å². The minimum atomic E-state index is -0.264. The minimum Gasteiger partial charge on any atom is -0.489 e. The molecular weight excluding hydrogens is 362 g/mol. The van der Waals surface area contributed by atoms with E-state index in [9.17, 15) is 14.4 Å². The molecule has 0 fully saturated rings. The van der Waals surface area contributed by atoms with E-state index in [1.165, 1.54) is 17.3 Å². The van der Waals surface area contributed by atoms with Crippen LogP contribution in [0.1, 0.15) is 22.5 Å². The second-order valence-electron chi connectivity index (χ2n) is 6.84. The van der Waals surface area contributed by atoms with Crippen molar-refractivity contribution < 1.29 is 14.3 Å². The van der Waals surface area contributed by atoms with Crippen LogP contribution in [-0.4, -0.2) is 60.5 Å². The van der Waals surface area contributed by atoms with Crippen molar-refractivity contribution >= 4 is 17.5 Å². The first-order valence-corrected chi connectivity index (χ1v) is 8.87. The second-order valence-corrected chi connectivity index (χ2v) is 6.84. The van der Waals surface area contributed by atoms with Gasteiger partial charge in [-0.1, -0.05) is 0 Å². The van der Waals surface area contributed by atoms with Gasteiger partial charge >= 0.3 is 0 Å². The number of nitrogens with one attached hydrogen (secondary N) is 2. The number of aromatic nitrogens is 2. The number of ether oxygens (including phenoxy) is 1. The molecule has 0 radical (unpaired) electrons. The lowest BCUT2D eigenvalue weighted by Gasteiger charge is -2.35. The van der Waals surface area contributed by atoms with Gasteiger partial charge < -0.3 is 24.8 Å². The Morgan fingerprint density at radius 2 is 2.14 bits per heavy atom. The summed E-state index contributed by atoms with van der Waals surface area (Å²) in [5, 5.41) is 2.77. The molecule has 0 saturated carbocycles. The molecule has 1 aromatic heterocycles. The van der Waals surface area contributed by atoms with Crippen molar-refractivity contribution in [3.8, 4) is 5.75 Å². The number of hydrogen-bond acceptors (Lipinski definition) is 6. The molecule has 148 valence electrons. The Morgan fingerprint density at radius 3 is 2.86 bits per heavy atom. The van der Waals surface area contributed by atoms with Crippen LogP contribution >= 0.6 is 0 Å². The number of anilines is 1. The number of H-pyrrole nitrogens is 1. The Balaban J connectivity index is 1.65. The van der Waals surface area contributed by atoms with Crippen LogP contribution in [0.4, 0.5) is 5.69 Å². The van der Waals surface area contributed by atoms with Gasteiger partial charge in [-0.2, -0.15) is 0 Å². The van der Waals surface area contributed by atoms with Crippen LogP contribution in [-0.2, 0) is 11.3 Å². The number of rotatable bonds is 5. The third-order valence-corrected chi connectivity index (χ3v) is 4.59. The summed E-state index contributed by atoms with van der Waals surface area (Å²) in [7, 11) is 5.27. The highest BCUT2D eigenvalue weighted by atomic mass is 16.5. The highest BCUT2D eigenvalue weighted by molar-refractivity contribution is 5.95. The second kappa shape index (κ2) is 8.12. The van der Waals surface area contributed by atoms with Crippen LogP contribution in [0.5, 0.6) is 5.75 Å². The first-order chi connectivity index (χ1) is 13.3. The third-order valence-electron chi connectivity index (χ3n) is 4.59. The summed E-state index contributed by atoms with van der Waals surface area (Å²) in [6.45, 7) is 0.541. The Hall–Kier alpha value is -3.36. The van der Waals surface area contributed by atoms with Gasteiger partial charge in [0, 0.05) is 32.8 Å². The number of amides is 2. The molecule has 1 aliphatic rings. The molecule has 28 heavy (non-hydrogen) atoms. The lowest BCUT2D eigenvalue weighted by Crippen LogP contribution is -2.43. The fraction of sp³-hybridized carbons (Fsp3) is 0.368. The largest absolute Gasteiger partial charge is 0.489 e. The van der Waals surface area contributed by atoms with Crippen LogP contribution < -0.4 is 20.5 Å². The molecule has 9 nitrogen and oxygen atoms in total. The van der Waals surface area contributed by atoms with E-state index in [1.54, 1.807) is 32.3 Å². The van der Waals surface area contributed by atoms with Crippen molar-refractivity contribution in [2.75, 3.05) is 32.6 Å². The van der Waals surface area contributed by atoms with Crippen molar-refractivity contribution in [3.63, 3.8) is 0 Å². The highest BCUT2D eigenvalue weighted by Crippen LogP contribution is 2.34. The molecule has 0 bridgehead atoms. The van der Waals surface area contributed by atoms with E-state index in [2.05, 4.69) is 15.3 Å². The summed E-state index contributed by atoms with van der Waals surface area (Å²) in [5.74, 6) is 0.412. The van der Waals surface area contributed by atoms with E-state index in [0.29, 0.717) is 23.6 Å². The first kappa shape index (κ1) is 19.4. The Labute approximate surface area is 162 Å². The van der Waals surface area contributed by atoms with E-state index in [4.69, 9.17) is 4.74 Å². The fourth-order valence-electron chi connectivity index (χ4n) is 2.98. The van der Waals surface area contributed by atoms with Gasteiger partial charge in [0.1, 0.15) is 12.4 Å². The SMILES string of the molecule is CN(C)C(=O)c1ccc2c(c1)N(C)[C@H](CC(=O)NCc1cc(=O)[nH]cn1)CO2. The van der Waals surface area contributed by atoms with Gasteiger partial charge in [-0.05, 0) is 18.2 Å². The van der Waals surface area contributed by atoms with E-state index < -0.39 is 0 Å². The van der Waals surface area contributed by atoms with Gasteiger partial charge in [0.2, 0.25) is 5.91 Å². The molecule has 2 N–H and O–H groups in total. The van der Waals surface area contributed by atoms with Crippen LogP contribution in [0, 0.1) is 0 Å². The standard InChI is InChI=1S/C19H23N5O4/c1-23(2)19(27)12-4-5-16-15(6-12)24(3)14(10-28-16)8-18(26)20-9-13-7-17(25)22-11-21-13/h4-7,11,14H,8-10H2,1-3H3,(H,20,26)(H,21,22,25)/t14-/m1/s1. The zero-order valence-corrected chi connectivity index (χ0v) is 16.1. The number of benzene rings is 1. The molecule has 0 aliphatic carbocycles. The quantitative estimate of drug-likeness (QED) is 0.770. The minimum absolute atomic E-state index is 0.0959. The van der Waals surface area contributed by atoms with Gasteiger partial charge in [0.15, 0.2) is 0 Å². The average molecular weight is 385 g/mol. The van der Waals surface area contributed by atoms with Crippen LogP contribution in [0.25, 0.3) is 0 Å². The fourth-order valence-corrected chi connectivity index (χ4v) is 2.98. The Kier molecular flexibility index (Phi) is 5.62. The lowest BCUT2D eigenvalue weighted by atomic mass is 10.1. The highest BCUT2D eigenvalue weighted by Gasteiger charge is 2.27. The molecule has 2 heterocycles. The van der Waals surface area contributed by atoms with Crippen molar-refractivity contribution in [1.82, 2.24) is 20.2 Å². The molecule has 0 unspecified atom stereocenters. The van der Waals surface area contributed by atoms with Crippen molar-refractivity contribution in [2.45, 2.75) is 19.0 Å². The number of aromatic amines is 1. The summed E-state index contributed by atoms with van der Waals surface area (Å²) in [6, 6.07) is 6.45. The molecule has 0 saturated heterocycles. The maximum atomic E-state index is 12.3. The number of carbonyl (C=O) groups excluding carboxylic acids is 2. The van der Waals surface area contributed by atoms with Crippen LogP contribution in [0.2, 0.25) is 0 Å². The number of likely N-dealkylation sites (N-methyl/N-ethyl adjacent to an activating group) is 1. The molecule has 2 aromatic rings. The summed E-state index contributed by atoms with van der Waals surface area (Å²) in [5.41, 5.74) is 1.56. The summed E-state index contributed by atoms with van der Waals surface area (Å²) >= 11 is 0. The number of nitrogens with zero attached hydrogens (tertiary/aromatic N) is 3. The average Bonchev–Trinajstić information content (AvgIpc) is 2.68. The number of fused-ring (bicyclic) bond motifs is 1. The predicted molar refractivity (Wildman–Crippen MR) is 103 cm³/mol. The molecule has 9 heteroatoms. The van der Waals surface area contributed by atoms with Gasteiger partial charge in [-0.15, -0.1) is 0 Å². The maximum Gasteiger partial charge on any atom is 0.253 e. The van der Waals surface area contributed by atoms with Crippen molar-refractivity contribution in [3.05, 3.63) is 52.2 Å². The van der Waals surface area contributed by atoms with E-state index >= 15 is 0 Å². The Morgan fingerprint density at radius 1 is 1.36 bits per heavy atom. The van der Waals surface area contributed by atoms with E-state index in [-0.39, 0.29) is 36.4 Å². The molecule has 1 aromatic carbocycles. The first-order valence-electron chi connectivity index (χ1n) is 8.87. The lowest BCUT2D eigenvalue weighted by molar-refractivity contribution is -0.121. The van der Waals surface area contributed by atoms with Crippen molar-refractivity contribution in [1.29, 1.82) is 0 Å². The third kappa shape index (κ3) is 4.30. The topological polar surface area (TPSA) is 108 Å². The molecule has 3 rings (SSSR count). The number of carbonyl (C=O) groups is 2.